The Morgan fingerprint density at radius 1 is 1.19 bits per heavy atom. The second-order valence-electron chi connectivity index (χ2n) is 7.37. The van der Waals surface area contributed by atoms with Crippen LogP contribution < -0.4 is 15.4 Å². The number of nitro benzene ring substituents is 1. The lowest BCUT2D eigenvalue weighted by Crippen LogP contribution is -2.38. The summed E-state index contributed by atoms with van der Waals surface area (Å²) < 4.78 is 10.8. The average Bonchev–Trinajstić information content (AvgIpc) is 3.39. The smallest absolute Gasteiger partial charge is 0.329 e. The maximum absolute atomic E-state index is 12.7. The van der Waals surface area contributed by atoms with Gasteiger partial charge in [0.2, 0.25) is 5.91 Å². The van der Waals surface area contributed by atoms with Gasteiger partial charge in [0.25, 0.3) is 11.6 Å². The van der Waals surface area contributed by atoms with Crippen molar-refractivity contribution in [3.05, 3.63) is 80.1 Å². The van der Waals surface area contributed by atoms with Gasteiger partial charge >= 0.3 is 6.03 Å². The lowest BCUT2D eigenvalue weighted by molar-refractivity contribution is -0.384. The van der Waals surface area contributed by atoms with Gasteiger partial charge in [-0.2, -0.15) is 0 Å². The molecule has 184 valence electrons. The van der Waals surface area contributed by atoms with Crippen molar-refractivity contribution < 1.29 is 28.5 Å². The summed E-state index contributed by atoms with van der Waals surface area (Å²) in [4.78, 5) is 48.8. The number of rotatable bonds is 7. The maximum atomic E-state index is 12.7. The molecule has 0 atom stereocenters. The average molecular weight is 531 g/mol. The molecule has 1 fully saturated rings. The Bertz CT molecular complexity index is 1430. The van der Waals surface area contributed by atoms with Crippen LogP contribution in [0.1, 0.15) is 5.76 Å². The van der Waals surface area contributed by atoms with Gasteiger partial charge in [0, 0.05) is 17.7 Å². The summed E-state index contributed by atoms with van der Waals surface area (Å²) in [6, 6.07) is 11.3. The first kappa shape index (κ1) is 24.8. The van der Waals surface area contributed by atoms with Crippen LogP contribution in [0.15, 0.2) is 58.6 Å². The minimum Gasteiger partial charge on any atom is -0.495 e. The summed E-state index contributed by atoms with van der Waals surface area (Å²) in [6.45, 7) is -0.534. The largest absolute Gasteiger partial charge is 0.495 e. The number of carbonyl (C=O) groups excluding carboxylic acids is 3. The summed E-state index contributed by atoms with van der Waals surface area (Å²) in [5.41, 5.74) is 0.123. The number of nitrogens with zero attached hydrogens (tertiary/aromatic N) is 2. The molecule has 0 bridgehead atoms. The zero-order chi connectivity index (χ0) is 26.0. The first-order chi connectivity index (χ1) is 17.2. The minimum absolute atomic E-state index is 0.122. The molecular formula is C23H16Cl2N4O7. The fraction of sp³-hybridized carbons (Fsp3) is 0.0870. The van der Waals surface area contributed by atoms with E-state index in [-0.39, 0.29) is 38.5 Å². The molecule has 2 aromatic carbocycles. The Morgan fingerprint density at radius 3 is 2.67 bits per heavy atom. The normalized spacial score (nSPS) is 14.2. The van der Waals surface area contributed by atoms with Crippen LogP contribution >= 0.6 is 23.2 Å². The van der Waals surface area contributed by atoms with Crippen molar-refractivity contribution in [1.82, 2.24) is 10.2 Å². The molecule has 0 saturated carbocycles. The number of hydrogen-bond acceptors (Lipinski definition) is 7. The Morgan fingerprint density at radius 2 is 1.94 bits per heavy atom. The summed E-state index contributed by atoms with van der Waals surface area (Å²) in [5.74, 6) is -0.598. The van der Waals surface area contributed by atoms with E-state index in [0.717, 1.165) is 4.90 Å². The topological polar surface area (TPSA) is 144 Å². The van der Waals surface area contributed by atoms with Gasteiger partial charge in [-0.1, -0.05) is 35.3 Å². The molecule has 3 aromatic rings. The molecule has 13 heteroatoms. The molecule has 0 unspecified atom stereocenters. The van der Waals surface area contributed by atoms with E-state index in [4.69, 9.17) is 32.4 Å². The van der Waals surface area contributed by atoms with Crippen molar-refractivity contribution in [2.45, 2.75) is 0 Å². The number of nitro groups is 1. The van der Waals surface area contributed by atoms with Crippen LogP contribution in [0, 0.1) is 10.1 Å². The molecule has 4 amide bonds. The molecule has 0 radical (unpaired) electrons. The van der Waals surface area contributed by atoms with E-state index in [1.54, 1.807) is 24.3 Å². The van der Waals surface area contributed by atoms with E-state index in [2.05, 4.69) is 10.6 Å². The number of para-hydroxylation sites is 2. The molecule has 36 heavy (non-hydrogen) atoms. The first-order valence-electron chi connectivity index (χ1n) is 10.2. The van der Waals surface area contributed by atoms with E-state index >= 15 is 0 Å². The summed E-state index contributed by atoms with van der Waals surface area (Å²) in [6.07, 6.45) is 1.26. The molecule has 0 aliphatic carbocycles. The molecule has 2 heterocycles. The standard InChI is InChI=1S/C23H16Cl2N4O7/c1-35-20-5-3-2-4-16(20)26-21(30)11-28-22(31)17(27-23(28)32)8-12-6-7-19(36-12)13-9-18(29(33)34)15(25)10-14(13)24/h2-10H,11H2,1H3,(H,26,30)(H,27,32)/b17-8+. The van der Waals surface area contributed by atoms with Crippen molar-refractivity contribution >= 4 is 58.5 Å². The number of halogens is 2. The van der Waals surface area contributed by atoms with Crippen LogP contribution in [0.5, 0.6) is 5.75 Å². The number of ether oxygens (including phenoxy) is 1. The zero-order valence-electron chi connectivity index (χ0n) is 18.4. The number of urea groups is 1. The highest BCUT2D eigenvalue weighted by atomic mass is 35.5. The van der Waals surface area contributed by atoms with Gasteiger partial charge < -0.3 is 19.8 Å². The van der Waals surface area contributed by atoms with Gasteiger partial charge in [0.15, 0.2) is 0 Å². The SMILES string of the molecule is COc1ccccc1NC(=O)CN1C(=O)N/C(=C/c2ccc(-c3cc([N+](=O)[O-])c(Cl)cc3Cl)o2)C1=O. The monoisotopic (exact) mass is 530 g/mol. The summed E-state index contributed by atoms with van der Waals surface area (Å²) >= 11 is 12.0. The molecule has 4 rings (SSSR count). The highest BCUT2D eigenvalue weighted by molar-refractivity contribution is 6.37. The quantitative estimate of drug-likeness (QED) is 0.195. The number of anilines is 1. The number of carbonyl (C=O) groups is 3. The molecular weight excluding hydrogens is 515 g/mol. The number of furan rings is 1. The highest BCUT2D eigenvalue weighted by Gasteiger charge is 2.35. The number of nitrogens with one attached hydrogen (secondary N) is 2. The van der Waals surface area contributed by atoms with E-state index < -0.39 is 29.3 Å². The number of hydrogen-bond donors (Lipinski definition) is 2. The van der Waals surface area contributed by atoms with Gasteiger partial charge in [-0.05, 0) is 30.3 Å². The van der Waals surface area contributed by atoms with Crippen molar-refractivity contribution in [3.63, 3.8) is 0 Å². The number of imide groups is 1. The fourth-order valence-corrected chi connectivity index (χ4v) is 3.93. The van der Waals surface area contributed by atoms with Crippen LogP contribution in [0.2, 0.25) is 10.0 Å². The third kappa shape index (κ3) is 5.02. The lowest BCUT2D eigenvalue weighted by Gasteiger charge is -2.13. The molecule has 1 aliphatic heterocycles. The Kier molecular flexibility index (Phi) is 6.95. The van der Waals surface area contributed by atoms with E-state index in [0.29, 0.717) is 11.4 Å². The van der Waals surface area contributed by atoms with Gasteiger partial charge in [0.05, 0.1) is 22.7 Å². The van der Waals surface area contributed by atoms with Gasteiger partial charge in [-0.25, -0.2) is 9.69 Å². The van der Waals surface area contributed by atoms with Crippen LogP contribution in [0.3, 0.4) is 0 Å². The predicted octanol–water partition coefficient (Wildman–Crippen LogP) is 4.70. The van der Waals surface area contributed by atoms with Crippen molar-refractivity contribution in [2.75, 3.05) is 19.0 Å². The Balaban J connectivity index is 1.50. The Hall–Kier alpha value is -4.35. The van der Waals surface area contributed by atoms with Crippen LogP contribution in [0.4, 0.5) is 16.2 Å². The van der Waals surface area contributed by atoms with Crippen LogP contribution in [-0.4, -0.2) is 41.3 Å². The fourth-order valence-electron chi connectivity index (χ4n) is 3.38. The second-order valence-corrected chi connectivity index (χ2v) is 8.18. The Labute approximate surface area is 213 Å². The second kappa shape index (κ2) is 10.1. The van der Waals surface area contributed by atoms with Crippen LogP contribution in [0.25, 0.3) is 17.4 Å². The number of benzene rings is 2. The lowest BCUT2D eigenvalue weighted by atomic mass is 10.1. The zero-order valence-corrected chi connectivity index (χ0v) is 19.9. The molecule has 1 saturated heterocycles. The maximum Gasteiger partial charge on any atom is 0.329 e. The van der Waals surface area contributed by atoms with Crippen molar-refractivity contribution in [1.29, 1.82) is 0 Å². The molecule has 1 aromatic heterocycles. The minimum atomic E-state index is -0.787. The third-order valence-corrected chi connectivity index (χ3v) is 5.67. The third-order valence-electron chi connectivity index (χ3n) is 5.06. The van der Waals surface area contributed by atoms with Crippen molar-refractivity contribution in [3.8, 4) is 17.1 Å². The summed E-state index contributed by atoms with van der Waals surface area (Å²) in [5, 5.41) is 16.2. The van der Waals surface area contributed by atoms with E-state index in [9.17, 15) is 24.5 Å². The van der Waals surface area contributed by atoms with Crippen LogP contribution in [-0.2, 0) is 9.59 Å². The molecule has 2 N–H and O–H groups in total. The van der Waals surface area contributed by atoms with Crippen molar-refractivity contribution in [2.24, 2.45) is 0 Å². The molecule has 0 spiro atoms. The van der Waals surface area contributed by atoms with Gasteiger partial charge in [0.1, 0.15) is 34.5 Å². The van der Waals surface area contributed by atoms with Gasteiger partial charge in [-0.15, -0.1) is 0 Å². The predicted molar refractivity (Wildman–Crippen MR) is 131 cm³/mol. The number of methoxy groups -OCH3 is 1. The first-order valence-corrected chi connectivity index (χ1v) is 10.9. The highest BCUT2D eigenvalue weighted by Crippen LogP contribution is 2.37. The molecule has 1 aliphatic rings. The van der Waals surface area contributed by atoms with E-state index in [1.807, 2.05) is 0 Å². The van der Waals surface area contributed by atoms with E-state index in [1.165, 1.54) is 37.5 Å². The molecule has 11 nitrogen and oxygen atoms in total. The van der Waals surface area contributed by atoms with Gasteiger partial charge in [-0.3, -0.25) is 19.7 Å². The number of amides is 4. The summed E-state index contributed by atoms with van der Waals surface area (Å²) in [7, 11) is 1.45.